The first-order valence-electron chi connectivity index (χ1n) is 3.58. The van der Waals surface area contributed by atoms with Crippen molar-refractivity contribution in [2.75, 3.05) is 13.1 Å². The highest BCUT2D eigenvalue weighted by atomic mass is 35.5. The van der Waals surface area contributed by atoms with Gasteiger partial charge in [0.2, 0.25) is 0 Å². The number of halogens is 1. The molecule has 9 heavy (non-hydrogen) atoms. The molecule has 0 aromatic heterocycles. The van der Waals surface area contributed by atoms with Gasteiger partial charge >= 0.3 is 0 Å². The van der Waals surface area contributed by atoms with Crippen molar-refractivity contribution in [2.24, 2.45) is 17.8 Å². The molecule has 1 heterocycles. The van der Waals surface area contributed by atoms with Gasteiger partial charge < -0.3 is 5.32 Å². The van der Waals surface area contributed by atoms with Gasteiger partial charge in [-0.25, -0.2) is 0 Å². The van der Waals surface area contributed by atoms with Crippen LogP contribution in [0.2, 0.25) is 0 Å². The van der Waals surface area contributed by atoms with Crippen molar-refractivity contribution in [3.05, 3.63) is 0 Å². The van der Waals surface area contributed by atoms with E-state index in [0.29, 0.717) is 0 Å². The highest BCUT2D eigenvalue weighted by Gasteiger charge is 2.40. The first kappa shape index (κ1) is 7.36. The minimum atomic E-state index is 0. The molecule has 1 saturated carbocycles. The lowest BCUT2D eigenvalue weighted by Crippen LogP contribution is -2.33. The Hall–Kier alpha value is 0.250. The lowest BCUT2D eigenvalue weighted by Gasteiger charge is -2.36. The molecule has 0 amide bonds. The molecule has 1 saturated heterocycles. The summed E-state index contributed by atoms with van der Waals surface area (Å²) in [4.78, 5) is 0. The van der Waals surface area contributed by atoms with Gasteiger partial charge in [0, 0.05) is 0 Å². The van der Waals surface area contributed by atoms with Crippen LogP contribution in [0.25, 0.3) is 0 Å². The third-order valence-electron chi connectivity index (χ3n) is 2.80. The average Bonchev–Trinajstić information content (AvgIpc) is 2.09. The summed E-state index contributed by atoms with van der Waals surface area (Å²) >= 11 is 0. The molecule has 54 valence electrons. The Bertz CT molecular complexity index is 105. The van der Waals surface area contributed by atoms with Gasteiger partial charge in [-0.05, 0) is 37.3 Å². The molecule has 0 radical (unpaired) electrons. The lowest BCUT2D eigenvalue weighted by atomic mass is 9.68. The van der Waals surface area contributed by atoms with Crippen molar-refractivity contribution in [1.29, 1.82) is 0 Å². The van der Waals surface area contributed by atoms with Crippen LogP contribution < -0.4 is 5.32 Å². The Labute approximate surface area is 62.6 Å². The number of hydrogen-bond acceptors (Lipinski definition) is 1. The third-order valence-corrected chi connectivity index (χ3v) is 2.80. The second-order valence-corrected chi connectivity index (χ2v) is 3.30. The summed E-state index contributed by atoms with van der Waals surface area (Å²) in [5.41, 5.74) is 0. The smallest absolute Gasteiger partial charge is 0.00147 e. The van der Waals surface area contributed by atoms with E-state index >= 15 is 0 Å². The topological polar surface area (TPSA) is 12.0 Å². The van der Waals surface area contributed by atoms with Crippen molar-refractivity contribution in [1.82, 2.24) is 5.32 Å². The minimum Gasteiger partial charge on any atom is -0.316 e. The van der Waals surface area contributed by atoms with E-state index in [0.717, 1.165) is 17.8 Å². The maximum absolute atomic E-state index is 3.41. The summed E-state index contributed by atoms with van der Waals surface area (Å²) in [5.74, 6) is 3.13. The standard InChI is InChI=1S/C7H13N.ClH/c1-5-2-6-3-8-4-7(5)6;/h5-8H,2-4H2,1H3;1H. The summed E-state index contributed by atoms with van der Waals surface area (Å²) in [6.45, 7) is 4.97. The van der Waals surface area contributed by atoms with Crippen LogP contribution in [0, 0.1) is 17.8 Å². The van der Waals surface area contributed by atoms with Gasteiger partial charge in [-0.2, -0.15) is 0 Å². The van der Waals surface area contributed by atoms with Crippen molar-refractivity contribution < 1.29 is 0 Å². The fourth-order valence-electron chi connectivity index (χ4n) is 2.13. The highest BCUT2D eigenvalue weighted by Crippen LogP contribution is 2.41. The van der Waals surface area contributed by atoms with Crippen LogP contribution in [0.4, 0.5) is 0 Å². The number of nitrogens with one attached hydrogen (secondary N) is 1. The highest BCUT2D eigenvalue weighted by molar-refractivity contribution is 5.85. The van der Waals surface area contributed by atoms with Crippen LogP contribution in [-0.2, 0) is 0 Å². The van der Waals surface area contributed by atoms with Crippen molar-refractivity contribution in [3.8, 4) is 0 Å². The maximum Gasteiger partial charge on any atom is -0.00147 e. The van der Waals surface area contributed by atoms with Crippen molar-refractivity contribution >= 4 is 12.4 Å². The second kappa shape index (κ2) is 2.47. The van der Waals surface area contributed by atoms with Crippen molar-refractivity contribution in [2.45, 2.75) is 13.3 Å². The SMILES string of the molecule is CC1CC2CNCC12.Cl. The normalized spacial score (nSPS) is 47.0. The molecule has 2 fully saturated rings. The third kappa shape index (κ3) is 0.968. The molecule has 0 aromatic rings. The van der Waals surface area contributed by atoms with Crippen LogP contribution in [0.15, 0.2) is 0 Å². The predicted octanol–water partition coefficient (Wildman–Crippen LogP) is 1.28. The summed E-state index contributed by atoms with van der Waals surface area (Å²) in [5, 5.41) is 3.41. The molecule has 1 nitrogen and oxygen atoms in total. The van der Waals surface area contributed by atoms with E-state index in [4.69, 9.17) is 0 Å². The van der Waals surface area contributed by atoms with Crippen LogP contribution in [0.3, 0.4) is 0 Å². The number of fused-ring (bicyclic) bond motifs is 1. The summed E-state index contributed by atoms with van der Waals surface area (Å²) in [6.07, 6.45) is 1.48. The van der Waals surface area contributed by atoms with E-state index in [-0.39, 0.29) is 12.4 Å². The van der Waals surface area contributed by atoms with Crippen LogP contribution in [-0.4, -0.2) is 13.1 Å². The van der Waals surface area contributed by atoms with Gasteiger partial charge in [0.05, 0.1) is 0 Å². The molecule has 2 aliphatic rings. The maximum atomic E-state index is 3.41. The largest absolute Gasteiger partial charge is 0.316 e. The van der Waals surface area contributed by atoms with E-state index < -0.39 is 0 Å². The molecule has 1 aliphatic heterocycles. The quantitative estimate of drug-likeness (QED) is 0.545. The van der Waals surface area contributed by atoms with E-state index in [1.807, 2.05) is 0 Å². The van der Waals surface area contributed by atoms with Crippen LogP contribution in [0.1, 0.15) is 13.3 Å². The first-order valence-corrected chi connectivity index (χ1v) is 3.58. The number of hydrogen-bond donors (Lipinski definition) is 1. The Morgan fingerprint density at radius 2 is 2.11 bits per heavy atom. The molecule has 1 N–H and O–H groups in total. The predicted molar refractivity (Wildman–Crippen MR) is 40.9 cm³/mol. The van der Waals surface area contributed by atoms with E-state index in [2.05, 4.69) is 12.2 Å². The molecule has 1 aliphatic carbocycles. The average molecular weight is 148 g/mol. The molecule has 3 atom stereocenters. The Balaban J connectivity index is 0.000000405. The molecule has 0 spiro atoms. The van der Waals surface area contributed by atoms with E-state index in [1.54, 1.807) is 0 Å². The van der Waals surface area contributed by atoms with E-state index in [1.165, 1.54) is 19.5 Å². The fourth-order valence-corrected chi connectivity index (χ4v) is 2.13. The van der Waals surface area contributed by atoms with E-state index in [9.17, 15) is 0 Å². The molecular weight excluding hydrogens is 134 g/mol. The molecule has 0 bridgehead atoms. The summed E-state index contributed by atoms with van der Waals surface area (Å²) in [6, 6.07) is 0. The zero-order valence-corrected chi connectivity index (χ0v) is 6.58. The Morgan fingerprint density at radius 1 is 1.33 bits per heavy atom. The summed E-state index contributed by atoms with van der Waals surface area (Å²) < 4.78 is 0. The Kier molecular flexibility index (Phi) is 2.02. The van der Waals surface area contributed by atoms with Gasteiger partial charge in [-0.15, -0.1) is 12.4 Å². The molecular formula is C7H14ClN. The van der Waals surface area contributed by atoms with Crippen LogP contribution >= 0.6 is 12.4 Å². The monoisotopic (exact) mass is 147 g/mol. The molecule has 3 unspecified atom stereocenters. The van der Waals surface area contributed by atoms with Gasteiger partial charge in [0.25, 0.3) is 0 Å². The Morgan fingerprint density at radius 3 is 2.56 bits per heavy atom. The molecule has 2 heteroatoms. The fraction of sp³-hybridized carbons (Fsp3) is 1.00. The second-order valence-electron chi connectivity index (χ2n) is 3.30. The van der Waals surface area contributed by atoms with Crippen molar-refractivity contribution in [3.63, 3.8) is 0 Å². The van der Waals surface area contributed by atoms with Gasteiger partial charge in [0.1, 0.15) is 0 Å². The van der Waals surface area contributed by atoms with Gasteiger partial charge in [-0.3, -0.25) is 0 Å². The first-order chi connectivity index (χ1) is 3.88. The molecule has 2 rings (SSSR count). The minimum absolute atomic E-state index is 0. The molecule has 0 aromatic carbocycles. The van der Waals surface area contributed by atoms with Gasteiger partial charge in [-0.1, -0.05) is 6.92 Å². The van der Waals surface area contributed by atoms with Gasteiger partial charge in [0.15, 0.2) is 0 Å². The number of rotatable bonds is 0. The summed E-state index contributed by atoms with van der Waals surface area (Å²) in [7, 11) is 0. The van der Waals surface area contributed by atoms with Crippen LogP contribution in [0.5, 0.6) is 0 Å². The zero-order chi connectivity index (χ0) is 5.56. The lowest BCUT2D eigenvalue weighted by molar-refractivity contribution is 0.140. The zero-order valence-electron chi connectivity index (χ0n) is 5.76.